The molecule has 0 unspecified atom stereocenters. The second kappa shape index (κ2) is 5.16. The summed E-state index contributed by atoms with van der Waals surface area (Å²) in [5, 5.41) is 0. The van der Waals surface area contributed by atoms with Crippen LogP contribution >= 0.6 is 0 Å². The Morgan fingerprint density at radius 3 is 3.00 bits per heavy atom. The van der Waals surface area contributed by atoms with Crippen LogP contribution in [0.15, 0.2) is 41.8 Å². The zero-order chi connectivity index (χ0) is 15.0. The van der Waals surface area contributed by atoms with E-state index in [2.05, 4.69) is 4.98 Å². The first-order valence-electron chi connectivity index (χ1n) is 6.84. The number of carbonyl (C=O) groups is 1. The Hall–Kier alpha value is -2.43. The Balaban J connectivity index is 2.00. The van der Waals surface area contributed by atoms with Crippen molar-refractivity contribution in [2.24, 2.45) is 5.92 Å². The van der Waals surface area contributed by atoms with Gasteiger partial charge in [0.2, 0.25) is 5.95 Å². The van der Waals surface area contributed by atoms with E-state index in [9.17, 15) is 9.18 Å². The Kier molecular flexibility index (Phi) is 3.33. The average Bonchev–Trinajstić information content (AvgIpc) is 2.78. The van der Waals surface area contributed by atoms with Crippen LogP contribution in [0.4, 0.5) is 10.3 Å². The van der Waals surface area contributed by atoms with Crippen LogP contribution in [0.3, 0.4) is 0 Å². The molecule has 0 saturated heterocycles. The fourth-order valence-electron chi connectivity index (χ4n) is 2.64. The monoisotopic (exact) mass is 285 g/mol. The molecule has 0 aliphatic heterocycles. The minimum Gasteiger partial charge on any atom is -0.369 e. The van der Waals surface area contributed by atoms with E-state index in [-0.39, 0.29) is 11.7 Å². The molecule has 108 valence electrons. The number of hydrogen-bond acceptors (Lipinski definition) is 3. The van der Waals surface area contributed by atoms with Gasteiger partial charge in [-0.05, 0) is 36.3 Å². The third-order valence-corrected chi connectivity index (χ3v) is 3.82. The van der Waals surface area contributed by atoms with Crippen molar-refractivity contribution >= 4 is 23.3 Å². The molecule has 3 rings (SSSR count). The number of benzene rings is 1. The van der Waals surface area contributed by atoms with Gasteiger partial charge in [-0.15, -0.1) is 0 Å². The van der Waals surface area contributed by atoms with Crippen LogP contribution in [-0.4, -0.2) is 15.8 Å². The molecule has 21 heavy (non-hydrogen) atoms. The van der Waals surface area contributed by atoms with E-state index in [0.29, 0.717) is 24.5 Å². The van der Waals surface area contributed by atoms with E-state index in [0.717, 1.165) is 22.9 Å². The number of hydrogen-bond donors (Lipinski definition) is 1. The third-order valence-electron chi connectivity index (χ3n) is 3.82. The number of aromatic nitrogens is 2. The van der Waals surface area contributed by atoms with Crippen molar-refractivity contribution < 1.29 is 9.18 Å². The van der Waals surface area contributed by atoms with Gasteiger partial charge < -0.3 is 10.3 Å². The average molecular weight is 285 g/mol. The van der Waals surface area contributed by atoms with Gasteiger partial charge in [0.1, 0.15) is 12.1 Å². The standard InChI is InChI=1S/C16H16FN3O/c1-10-6-11(2-4-13(10)17)8-20-15-7-12(9-21)3-5-14(15)19-16(20)18/h2-5,7,9-10H,6,8H2,1H3,(H2,18,19)/t10-/m1/s1. The summed E-state index contributed by atoms with van der Waals surface area (Å²) in [5.41, 5.74) is 9.22. The number of allylic oxidation sites excluding steroid dienone is 4. The minimum absolute atomic E-state index is 0.0922. The van der Waals surface area contributed by atoms with Gasteiger partial charge in [0.15, 0.2) is 0 Å². The summed E-state index contributed by atoms with van der Waals surface area (Å²) < 4.78 is 15.3. The number of nitrogen functional groups attached to an aromatic ring is 1. The van der Waals surface area contributed by atoms with Gasteiger partial charge >= 0.3 is 0 Å². The highest BCUT2D eigenvalue weighted by Crippen LogP contribution is 2.28. The first kappa shape index (κ1) is 13.5. The zero-order valence-corrected chi connectivity index (χ0v) is 11.7. The fourth-order valence-corrected chi connectivity index (χ4v) is 2.64. The topological polar surface area (TPSA) is 60.9 Å². The van der Waals surface area contributed by atoms with E-state index in [1.807, 2.05) is 11.5 Å². The quantitative estimate of drug-likeness (QED) is 0.881. The number of anilines is 1. The summed E-state index contributed by atoms with van der Waals surface area (Å²) in [5.74, 6) is 0.202. The molecule has 0 amide bonds. The molecule has 1 aromatic heterocycles. The maximum absolute atomic E-state index is 13.4. The largest absolute Gasteiger partial charge is 0.369 e. The lowest BCUT2D eigenvalue weighted by atomic mass is 9.95. The highest BCUT2D eigenvalue weighted by Gasteiger charge is 2.17. The normalized spacial score (nSPS) is 18.5. The van der Waals surface area contributed by atoms with Gasteiger partial charge in [-0.3, -0.25) is 4.79 Å². The molecule has 1 heterocycles. The van der Waals surface area contributed by atoms with E-state index >= 15 is 0 Å². The van der Waals surface area contributed by atoms with Crippen LogP contribution in [0.1, 0.15) is 23.7 Å². The van der Waals surface area contributed by atoms with Crippen molar-refractivity contribution in [1.82, 2.24) is 9.55 Å². The van der Waals surface area contributed by atoms with Crippen LogP contribution in [0.5, 0.6) is 0 Å². The van der Waals surface area contributed by atoms with Crippen LogP contribution < -0.4 is 5.73 Å². The summed E-state index contributed by atoms with van der Waals surface area (Å²) in [6.07, 6.45) is 4.77. The highest BCUT2D eigenvalue weighted by molar-refractivity contribution is 5.86. The Morgan fingerprint density at radius 1 is 1.48 bits per heavy atom. The minimum atomic E-state index is -0.105. The predicted octanol–water partition coefficient (Wildman–Crippen LogP) is 3.25. The molecule has 1 aromatic carbocycles. The van der Waals surface area contributed by atoms with E-state index in [4.69, 9.17) is 5.73 Å². The number of nitrogens with two attached hydrogens (primary N) is 1. The molecular weight excluding hydrogens is 269 g/mol. The van der Waals surface area contributed by atoms with Gasteiger partial charge in [-0.2, -0.15) is 0 Å². The first-order valence-corrected chi connectivity index (χ1v) is 6.84. The van der Waals surface area contributed by atoms with Crippen molar-refractivity contribution in [3.05, 3.63) is 47.3 Å². The highest BCUT2D eigenvalue weighted by atomic mass is 19.1. The molecule has 4 nitrogen and oxygen atoms in total. The van der Waals surface area contributed by atoms with Crippen LogP contribution in [0, 0.1) is 5.92 Å². The SMILES string of the molecule is C[C@@H]1CC(Cn2c(N)nc3ccc(C=O)cc32)=CC=C1F. The van der Waals surface area contributed by atoms with E-state index < -0.39 is 0 Å². The maximum atomic E-state index is 13.4. The fraction of sp³-hybridized carbons (Fsp3) is 0.250. The summed E-state index contributed by atoms with van der Waals surface area (Å²) in [7, 11) is 0. The lowest BCUT2D eigenvalue weighted by Gasteiger charge is -2.18. The molecule has 2 N–H and O–H groups in total. The molecular formula is C16H16FN3O. The number of carbonyl (C=O) groups excluding carboxylic acids is 1. The zero-order valence-electron chi connectivity index (χ0n) is 11.7. The molecule has 0 bridgehead atoms. The molecule has 1 aliphatic rings. The lowest BCUT2D eigenvalue weighted by Crippen LogP contribution is -2.10. The Morgan fingerprint density at radius 2 is 2.29 bits per heavy atom. The number of fused-ring (bicyclic) bond motifs is 1. The predicted molar refractivity (Wildman–Crippen MR) is 80.6 cm³/mol. The molecule has 1 aliphatic carbocycles. The molecule has 0 saturated carbocycles. The summed E-state index contributed by atoms with van der Waals surface area (Å²) in [6.45, 7) is 2.41. The smallest absolute Gasteiger partial charge is 0.201 e. The Bertz CT molecular complexity index is 773. The number of nitrogens with zero attached hydrogens (tertiary/aromatic N) is 2. The third kappa shape index (κ3) is 2.46. The van der Waals surface area contributed by atoms with Crippen molar-refractivity contribution in [2.75, 3.05) is 5.73 Å². The number of rotatable bonds is 3. The summed E-state index contributed by atoms with van der Waals surface area (Å²) in [6, 6.07) is 5.27. The number of imidazole rings is 1. The van der Waals surface area contributed by atoms with E-state index in [1.165, 1.54) is 6.08 Å². The van der Waals surface area contributed by atoms with Crippen molar-refractivity contribution in [3.8, 4) is 0 Å². The van der Waals surface area contributed by atoms with Crippen molar-refractivity contribution in [1.29, 1.82) is 0 Å². The maximum Gasteiger partial charge on any atom is 0.201 e. The molecule has 0 fully saturated rings. The first-order chi connectivity index (χ1) is 10.1. The Labute approximate surface area is 121 Å². The van der Waals surface area contributed by atoms with Crippen molar-refractivity contribution in [2.45, 2.75) is 19.9 Å². The number of halogens is 1. The summed E-state index contributed by atoms with van der Waals surface area (Å²) >= 11 is 0. The molecule has 0 spiro atoms. The van der Waals surface area contributed by atoms with Gasteiger partial charge in [0.05, 0.1) is 11.0 Å². The second-order valence-electron chi connectivity index (χ2n) is 5.40. The lowest BCUT2D eigenvalue weighted by molar-refractivity contribution is 0.112. The van der Waals surface area contributed by atoms with Crippen LogP contribution in [0.2, 0.25) is 0 Å². The van der Waals surface area contributed by atoms with Crippen molar-refractivity contribution in [3.63, 3.8) is 0 Å². The van der Waals surface area contributed by atoms with Gasteiger partial charge in [-0.1, -0.05) is 13.0 Å². The molecule has 5 heteroatoms. The van der Waals surface area contributed by atoms with E-state index in [1.54, 1.807) is 24.3 Å². The van der Waals surface area contributed by atoms with Crippen LogP contribution in [-0.2, 0) is 6.54 Å². The van der Waals surface area contributed by atoms with Gasteiger partial charge in [-0.25, -0.2) is 9.37 Å². The number of aldehydes is 1. The van der Waals surface area contributed by atoms with Crippen LogP contribution in [0.25, 0.3) is 11.0 Å². The second-order valence-corrected chi connectivity index (χ2v) is 5.40. The van der Waals surface area contributed by atoms with Gasteiger partial charge in [0.25, 0.3) is 0 Å². The summed E-state index contributed by atoms with van der Waals surface area (Å²) in [4.78, 5) is 15.2. The molecule has 1 atom stereocenters. The van der Waals surface area contributed by atoms with Gasteiger partial charge in [0, 0.05) is 18.0 Å². The molecule has 0 radical (unpaired) electrons. The molecule has 2 aromatic rings.